The van der Waals surface area contributed by atoms with Crippen molar-refractivity contribution in [1.82, 2.24) is 19.1 Å². The molecule has 37 heavy (non-hydrogen) atoms. The van der Waals surface area contributed by atoms with Crippen molar-refractivity contribution >= 4 is 42.8 Å². The minimum absolute atomic E-state index is 0.0734. The zero-order chi connectivity index (χ0) is 27.1. The van der Waals surface area contributed by atoms with E-state index in [2.05, 4.69) is 26.1 Å². The highest BCUT2D eigenvalue weighted by atomic mass is 79.9. The molecule has 2 fully saturated rings. The van der Waals surface area contributed by atoms with Crippen LogP contribution in [0.15, 0.2) is 33.5 Å². The maximum absolute atomic E-state index is 13.2. The van der Waals surface area contributed by atoms with Gasteiger partial charge < -0.3 is 15.0 Å². The van der Waals surface area contributed by atoms with Gasteiger partial charge in [0.2, 0.25) is 10.0 Å². The van der Waals surface area contributed by atoms with Crippen LogP contribution in [0.5, 0.6) is 0 Å². The number of fused-ring (bicyclic) bond motifs is 3. The summed E-state index contributed by atoms with van der Waals surface area (Å²) < 4.78 is 27.0. The first kappa shape index (κ1) is 28.2. The highest BCUT2D eigenvalue weighted by Gasteiger charge is 2.41. The number of piperidine rings is 1. The van der Waals surface area contributed by atoms with E-state index in [-0.39, 0.29) is 35.5 Å². The molecule has 1 aromatic carbocycles. The topological polar surface area (TPSA) is 112 Å². The Labute approximate surface area is 227 Å². The van der Waals surface area contributed by atoms with Gasteiger partial charge in [-0.15, -0.1) is 0 Å². The van der Waals surface area contributed by atoms with Gasteiger partial charge >= 0.3 is 0 Å². The monoisotopic (exact) mass is 596 g/mol. The second-order valence-electron chi connectivity index (χ2n) is 10.8. The van der Waals surface area contributed by atoms with E-state index in [1.807, 2.05) is 32.0 Å². The molecular weight excluding hydrogens is 560 g/mol. The molecule has 1 unspecified atom stereocenters. The number of likely N-dealkylation sites (N-methyl/N-ethyl adjacent to an activating group) is 1. The minimum Gasteiger partial charge on any atom is -0.390 e. The number of nitrogens with one attached hydrogen (secondary N) is 1. The number of amides is 1. The van der Waals surface area contributed by atoms with Gasteiger partial charge in [-0.1, -0.05) is 22.0 Å². The van der Waals surface area contributed by atoms with Crippen molar-refractivity contribution in [2.24, 2.45) is 5.92 Å². The maximum atomic E-state index is 13.2. The number of nitrogens with zero attached hydrogens (tertiary/aromatic N) is 3. The van der Waals surface area contributed by atoms with E-state index < -0.39 is 16.1 Å². The summed E-state index contributed by atoms with van der Waals surface area (Å²) in [5.41, 5.74) is 0.646. The van der Waals surface area contributed by atoms with Gasteiger partial charge in [0, 0.05) is 54.7 Å². The number of carbonyl (C=O) groups is 1. The third-order valence-electron chi connectivity index (χ3n) is 7.78. The summed E-state index contributed by atoms with van der Waals surface area (Å²) in [6.45, 7) is 4.87. The van der Waals surface area contributed by atoms with Gasteiger partial charge in [0.05, 0.1) is 17.9 Å². The van der Waals surface area contributed by atoms with Gasteiger partial charge in [0.1, 0.15) is 5.56 Å². The normalized spacial score (nSPS) is 23.2. The first-order valence-corrected chi connectivity index (χ1v) is 15.5. The van der Waals surface area contributed by atoms with E-state index in [1.54, 1.807) is 10.6 Å². The molecule has 3 heterocycles. The van der Waals surface area contributed by atoms with Crippen molar-refractivity contribution in [3.8, 4) is 0 Å². The second kappa shape index (κ2) is 11.1. The largest absolute Gasteiger partial charge is 0.390 e. The summed E-state index contributed by atoms with van der Waals surface area (Å²) in [7, 11) is -1.86. The fourth-order valence-corrected chi connectivity index (χ4v) is 6.83. The summed E-state index contributed by atoms with van der Waals surface area (Å²) in [5.74, 6) is -0.0703. The van der Waals surface area contributed by atoms with Crippen LogP contribution in [0.1, 0.15) is 55.9 Å². The van der Waals surface area contributed by atoms with E-state index in [0.29, 0.717) is 25.2 Å². The Hall–Kier alpha value is -1.79. The molecule has 204 valence electrons. The number of aliphatic hydroxyl groups is 1. The number of rotatable bonds is 9. The van der Waals surface area contributed by atoms with Crippen LogP contribution in [-0.4, -0.2) is 84.3 Å². The number of carbonyl (C=O) groups excluding carboxylic acids is 1. The zero-order valence-corrected chi connectivity index (χ0v) is 24.3. The first-order valence-electron chi connectivity index (χ1n) is 12.8. The summed E-state index contributed by atoms with van der Waals surface area (Å²) in [6.07, 6.45) is 4.23. The number of halogens is 1. The molecule has 2 saturated heterocycles. The van der Waals surface area contributed by atoms with Gasteiger partial charge in [-0.2, -0.15) is 0 Å². The lowest BCUT2D eigenvalue weighted by Gasteiger charge is -2.40. The molecule has 0 saturated carbocycles. The van der Waals surface area contributed by atoms with Crippen LogP contribution >= 0.6 is 15.9 Å². The van der Waals surface area contributed by atoms with E-state index in [9.17, 15) is 23.1 Å². The van der Waals surface area contributed by atoms with Gasteiger partial charge in [-0.05, 0) is 63.6 Å². The minimum atomic E-state index is -3.33. The summed E-state index contributed by atoms with van der Waals surface area (Å²) >= 11 is 3.55. The van der Waals surface area contributed by atoms with Crippen LogP contribution in [0.4, 0.5) is 0 Å². The lowest BCUT2D eigenvalue weighted by atomic mass is 9.90. The molecule has 4 rings (SSSR count). The number of sulfonamides is 1. The molecule has 11 heteroatoms. The van der Waals surface area contributed by atoms with Crippen molar-refractivity contribution < 1.29 is 18.3 Å². The van der Waals surface area contributed by atoms with E-state index in [1.165, 1.54) is 11.4 Å². The molecule has 2 bridgehead atoms. The Morgan fingerprint density at radius 3 is 2.49 bits per heavy atom. The SMILES string of the molecule is CC(C)n1c(=O)c(C(=O)NCC2C[C@H]3CC[C@@H](C2)N3C[C@@H](O)CN(C)S(C)(=O)=O)cc2c(Br)cccc21. The molecule has 2 aliphatic heterocycles. The molecule has 1 amide bonds. The van der Waals surface area contributed by atoms with Crippen LogP contribution in [0.2, 0.25) is 0 Å². The van der Waals surface area contributed by atoms with Gasteiger partial charge in [0.25, 0.3) is 11.5 Å². The zero-order valence-electron chi connectivity index (χ0n) is 21.9. The predicted molar refractivity (Wildman–Crippen MR) is 148 cm³/mol. The van der Waals surface area contributed by atoms with Gasteiger partial charge in [-0.3, -0.25) is 14.5 Å². The smallest absolute Gasteiger partial charge is 0.264 e. The first-order chi connectivity index (χ1) is 17.4. The molecule has 0 radical (unpaired) electrons. The summed E-state index contributed by atoms with van der Waals surface area (Å²) in [4.78, 5) is 28.7. The lowest BCUT2D eigenvalue weighted by molar-refractivity contribution is 0.0394. The van der Waals surface area contributed by atoms with Crippen LogP contribution < -0.4 is 10.9 Å². The summed E-state index contributed by atoms with van der Waals surface area (Å²) in [5, 5.41) is 14.4. The van der Waals surface area contributed by atoms with Crippen LogP contribution in [0.3, 0.4) is 0 Å². The average Bonchev–Trinajstić information content (AvgIpc) is 3.03. The second-order valence-corrected chi connectivity index (χ2v) is 13.8. The number of aromatic nitrogens is 1. The van der Waals surface area contributed by atoms with Crippen molar-refractivity contribution in [2.45, 2.75) is 63.8 Å². The molecule has 2 aliphatic rings. The molecule has 2 aromatic rings. The molecular formula is C26H37BrN4O5S. The average molecular weight is 598 g/mol. The number of hydrogen-bond acceptors (Lipinski definition) is 6. The lowest BCUT2D eigenvalue weighted by Crippen LogP contribution is -2.50. The maximum Gasteiger partial charge on any atom is 0.264 e. The molecule has 9 nitrogen and oxygen atoms in total. The Bertz CT molecular complexity index is 1310. The van der Waals surface area contributed by atoms with Crippen molar-refractivity contribution in [2.75, 3.05) is 32.9 Å². The molecule has 4 atom stereocenters. The van der Waals surface area contributed by atoms with Gasteiger partial charge in [0.15, 0.2) is 0 Å². The van der Waals surface area contributed by atoms with Crippen LogP contribution in [-0.2, 0) is 10.0 Å². The van der Waals surface area contributed by atoms with Gasteiger partial charge in [-0.25, -0.2) is 12.7 Å². The molecule has 0 spiro atoms. The highest BCUT2D eigenvalue weighted by Crippen LogP contribution is 2.38. The number of aliphatic hydroxyl groups excluding tert-OH is 1. The quantitative estimate of drug-likeness (QED) is 0.460. The molecule has 1 aromatic heterocycles. The third kappa shape index (κ3) is 6.11. The Morgan fingerprint density at radius 1 is 1.24 bits per heavy atom. The third-order valence-corrected chi connectivity index (χ3v) is 9.75. The van der Waals surface area contributed by atoms with Crippen LogP contribution in [0.25, 0.3) is 10.9 Å². The molecule has 0 aliphatic carbocycles. The number of pyridine rings is 1. The standard InChI is InChI=1S/C26H37BrN4O5S/c1-16(2)31-24-7-5-6-23(27)21(24)12-22(26(31)34)25(33)28-13-17-10-18-8-9-19(11-17)30(18)15-20(32)14-29(3)37(4,35)36/h5-7,12,16-20,32H,8-11,13-15H2,1-4H3,(H,28,33)/t17?,18-,19+,20-/m0/s1. The highest BCUT2D eigenvalue weighted by molar-refractivity contribution is 9.10. The number of hydrogen-bond donors (Lipinski definition) is 2. The van der Waals surface area contributed by atoms with Crippen molar-refractivity contribution in [3.05, 3.63) is 44.7 Å². The Kier molecular flexibility index (Phi) is 8.49. The Balaban J connectivity index is 1.40. The molecule has 2 N–H and O–H groups in total. The van der Waals surface area contributed by atoms with E-state index >= 15 is 0 Å². The number of benzene rings is 1. The van der Waals surface area contributed by atoms with Crippen molar-refractivity contribution in [3.63, 3.8) is 0 Å². The Morgan fingerprint density at radius 2 is 1.89 bits per heavy atom. The fraction of sp³-hybridized carbons (Fsp3) is 0.615. The summed E-state index contributed by atoms with van der Waals surface area (Å²) in [6, 6.07) is 7.86. The van der Waals surface area contributed by atoms with Crippen molar-refractivity contribution in [1.29, 1.82) is 0 Å². The fourth-order valence-electron chi connectivity index (χ4n) is 5.92. The predicted octanol–water partition coefficient (Wildman–Crippen LogP) is 2.57. The van der Waals surface area contributed by atoms with E-state index in [0.717, 1.165) is 47.3 Å². The van der Waals surface area contributed by atoms with Crippen LogP contribution in [0, 0.1) is 5.92 Å². The van der Waals surface area contributed by atoms with E-state index in [4.69, 9.17) is 0 Å².